The minimum Gasteiger partial charge on any atom is -0.492 e. The number of halogens is 1. The number of ether oxygens (including phenoxy) is 3. The van der Waals surface area contributed by atoms with Gasteiger partial charge in [0.25, 0.3) is 0 Å². The summed E-state index contributed by atoms with van der Waals surface area (Å²) in [6, 6.07) is 8.44. The van der Waals surface area contributed by atoms with Crippen LogP contribution in [-0.2, 0) is 6.42 Å². The molecule has 3 aromatic rings. The van der Waals surface area contributed by atoms with Gasteiger partial charge < -0.3 is 24.4 Å². The Morgan fingerprint density at radius 1 is 1.28 bits per heavy atom. The molecule has 5 rings (SSSR count). The van der Waals surface area contributed by atoms with Gasteiger partial charge in [0.05, 0.1) is 32.0 Å². The van der Waals surface area contributed by atoms with Crippen LogP contribution < -0.4 is 24.4 Å². The van der Waals surface area contributed by atoms with Gasteiger partial charge in [-0.05, 0) is 35.9 Å². The van der Waals surface area contributed by atoms with Crippen molar-refractivity contribution in [2.24, 2.45) is 0 Å². The molecule has 8 heteroatoms. The van der Waals surface area contributed by atoms with E-state index in [1.54, 1.807) is 19.2 Å². The lowest BCUT2D eigenvalue weighted by Crippen LogP contribution is -3.11. The molecular formula is C21H21FN3O3S+. The summed E-state index contributed by atoms with van der Waals surface area (Å²) in [6.45, 7) is 1.19. The molecule has 150 valence electrons. The van der Waals surface area contributed by atoms with E-state index in [4.69, 9.17) is 19.2 Å². The van der Waals surface area contributed by atoms with Crippen molar-refractivity contribution >= 4 is 16.5 Å². The van der Waals surface area contributed by atoms with E-state index in [1.165, 1.54) is 33.9 Å². The highest BCUT2D eigenvalue weighted by atomic mass is 32.1. The van der Waals surface area contributed by atoms with Crippen LogP contribution in [0.4, 0.5) is 9.52 Å². The fraction of sp³-hybridized carbons (Fsp3) is 0.286. The molecule has 0 radical (unpaired) electrons. The minimum absolute atomic E-state index is 0.0320. The van der Waals surface area contributed by atoms with Crippen LogP contribution in [0.2, 0.25) is 0 Å². The molecule has 29 heavy (non-hydrogen) atoms. The number of hydrogen-bond acceptors (Lipinski definition) is 6. The van der Waals surface area contributed by atoms with Crippen LogP contribution in [0.5, 0.6) is 17.2 Å². The monoisotopic (exact) mass is 414 g/mol. The highest BCUT2D eigenvalue weighted by Gasteiger charge is 2.37. The molecule has 0 bridgehead atoms. The highest BCUT2D eigenvalue weighted by molar-refractivity contribution is 7.14. The normalized spacial score (nSPS) is 19.7. The molecule has 2 N–H and O–H groups in total. The summed E-state index contributed by atoms with van der Waals surface area (Å²) in [7, 11) is 3.81. The second-order valence-corrected chi connectivity index (χ2v) is 8.04. The fourth-order valence-corrected chi connectivity index (χ4v) is 4.69. The third-order valence-electron chi connectivity index (χ3n) is 5.43. The van der Waals surface area contributed by atoms with Crippen LogP contribution in [0.25, 0.3) is 11.3 Å². The van der Waals surface area contributed by atoms with Gasteiger partial charge in [0, 0.05) is 17.4 Å². The second-order valence-electron chi connectivity index (χ2n) is 7.18. The van der Waals surface area contributed by atoms with Crippen molar-refractivity contribution in [2.75, 3.05) is 32.8 Å². The number of likely N-dealkylation sites (N-methyl/N-ethyl adjacent to an activating group) is 1. The number of aromatic nitrogens is 1. The lowest BCUT2D eigenvalue weighted by atomic mass is 9.95. The van der Waals surface area contributed by atoms with Crippen LogP contribution in [0.3, 0.4) is 0 Å². The lowest BCUT2D eigenvalue weighted by molar-refractivity contribution is -0.910. The third kappa shape index (κ3) is 3.18. The Morgan fingerprint density at radius 3 is 2.90 bits per heavy atom. The van der Waals surface area contributed by atoms with Gasteiger partial charge in [-0.25, -0.2) is 9.37 Å². The summed E-state index contributed by atoms with van der Waals surface area (Å²) in [5, 5.41) is 6.36. The number of rotatable bonds is 4. The zero-order valence-electron chi connectivity index (χ0n) is 16.1. The molecule has 0 amide bonds. The molecule has 0 aliphatic carbocycles. The molecule has 2 aromatic carbocycles. The molecule has 1 unspecified atom stereocenters. The first-order valence-electron chi connectivity index (χ1n) is 9.43. The van der Waals surface area contributed by atoms with Crippen molar-refractivity contribution in [1.29, 1.82) is 0 Å². The van der Waals surface area contributed by atoms with E-state index in [0.29, 0.717) is 5.75 Å². The Labute approximate surface area is 171 Å². The Bertz CT molecular complexity index is 1050. The van der Waals surface area contributed by atoms with Gasteiger partial charge in [0.2, 0.25) is 12.5 Å². The molecule has 6 nitrogen and oxygen atoms in total. The van der Waals surface area contributed by atoms with Gasteiger partial charge >= 0.3 is 0 Å². The van der Waals surface area contributed by atoms with Crippen LogP contribution in [-0.4, -0.2) is 32.5 Å². The number of quaternary nitrogens is 1. The summed E-state index contributed by atoms with van der Waals surface area (Å²) < 4.78 is 30.2. The van der Waals surface area contributed by atoms with Crippen LogP contribution in [0.15, 0.2) is 35.7 Å². The summed E-state index contributed by atoms with van der Waals surface area (Å²) in [5.74, 6) is 1.88. The third-order valence-corrected chi connectivity index (χ3v) is 6.20. The number of anilines is 1. The highest BCUT2D eigenvalue weighted by Crippen LogP contribution is 2.47. The van der Waals surface area contributed by atoms with E-state index < -0.39 is 0 Å². The molecule has 2 aliphatic heterocycles. The number of hydrogen-bond donors (Lipinski definition) is 2. The van der Waals surface area contributed by atoms with Crippen LogP contribution >= 0.6 is 11.3 Å². The molecule has 1 aromatic heterocycles. The van der Waals surface area contributed by atoms with Crippen molar-refractivity contribution < 1.29 is 23.5 Å². The van der Waals surface area contributed by atoms with Gasteiger partial charge in [-0.15, -0.1) is 11.3 Å². The Balaban J connectivity index is 1.49. The van der Waals surface area contributed by atoms with E-state index in [0.717, 1.165) is 46.4 Å². The first-order valence-corrected chi connectivity index (χ1v) is 10.3. The van der Waals surface area contributed by atoms with Crippen molar-refractivity contribution in [1.82, 2.24) is 4.98 Å². The molecule has 3 heterocycles. The lowest BCUT2D eigenvalue weighted by Gasteiger charge is -2.33. The SMILES string of the molecule is COc1c2c(cc3c1[C@@H](Nc1nc(-c4ccc(F)cc4)cs1)[NH+](C)CC3)OCO2. The summed E-state index contributed by atoms with van der Waals surface area (Å²) in [4.78, 5) is 6.03. The van der Waals surface area contributed by atoms with E-state index >= 15 is 0 Å². The predicted molar refractivity (Wildman–Crippen MR) is 108 cm³/mol. The van der Waals surface area contributed by atoms with E-state index in [9.17, 15) is 4.39 Å². The van der Waals surface area contributed by atoms with E-state index in [2.05, 4.69) is 18.4 Å². The first-order chi connectivity index (χ1) is 14.1. The maximum absolute atomic E-state index is 13.2. The molecule has 0 fully saturated rings. The van der Waals surface area contributed by atoms with Gasteiger partial charge in [0.15, 0.2) is 22.8 Å². The van der Waals surface area contributed by atoms with Crippen molar-refractivity contribution in [3.63, 3.8) is 0 Å². The summed E-state index contributed by atoms with van der Waals surface area (Å²) >= 11 is 1.53. The smallest absolute Gasteiger partial charge is 0.231 e. The second kappa shape index (κ2) is 7.20. The number of nitrogens with one attached hydrogen (secondary N) is 2. The Hall–Kier alpha value is -2.84. The van der Waals surface area contributed by atoms with Crippen LogP contribution in [0, 0.1) is 5.82 Å². The van der Waals surface area contributed by atoms with Gasteiger partial charge in [-0.2, -0.15) is 0 Å². The largest absolute Gasteiger partial charge is 0.492 e. The summed E-state index contributed by atoms with van der Waals surface area (Å²) in [5.41, 5.74) is 3.99. The number of thiazole rings is 1. The van der Waals surface area contributed by atoms with E-state index in [1.807, 2.05) is 5.38 Å². The number of methoxy groups -OCH3 is 1. The van der Waals surface area contributed by atoms with E-state index in [-0.39, 0.29) is 18.8 Å². The number of nitrogens with zero attached hydrogens (tertiary/aromatic N) is 1. The van der Waals surface area contributed by atoms with Crippen molar-refractivity contribution in [2.45, 2.75) is 12.6 Å². The molecule has 0 saturated heterocycles. The predicted octanol–water partition coefficient (Wildman–Crippen LogP) is 2.87. The minimum atomic E-state index is -0.253. The summed E-state index contributed by atoms with van der Waals surface area (Å²) in [6.07, 6.45) is 0.904. The maximum atomic E-state index is 13.2. The molecule has 0 saturated carbocycles. The molecule has 2 aliphatic rings. The Morgan fingerprint density at radius 2 is 2.10 bits per heavy atom. The molecule has 0 spiro atoms. The average Bonchev–Trinajstić information content (AvgIpc) is 3.38. The topological polar surface area (TPSA) is 57.0 Å². The number of benzene rings is 2. The van der Waals surface area contributed by atoms with Crippen LogP contribution in [0.1, 0.15) is 17.3 Å². The number of fused-ring (bicyclic) bond motifs is 2. The maximum Gasteiger partial charge on any atom is 0.231 e. The van der Waals surface area contributed by atoms with Gasteiger partial charge in [0.1, 0.15) is 5.82 Å². The quantitative estimate of drug-likeness (QED) is 0.688. The van der Waals surface area contributed by atoms with Gasteiger partial charge in [-0.3, -0.25) is 0 Å². The zero-order valence-corrected chi connectivity index (χ0v) is 16.9. The zero-order chi connectivity index (χ0) is 20.0. The average molecular weight is 414 g/mol. The van der Waals surface area contributed by atoms with Crippen molar-refractivity contribution in [3.05, 3.63) is 52.7 Å². The van der Waals surface area contributed by atoms with Crippen molar-refractivity contribution in [3.8, 4) is 28.5 Å². The fourth-order valence-electron chi connectivity index (χ4n) is 3.94. The molecular weight excluding hydrogens is 393 g/mol. The Kier molecular flexibility index (Phi) is 4.52. The molecule has 2 atom stereocenters. The first kappa shape index (κ1) is 18.2. The van der Waals surface area contributed by atoms with Gasteiger partial charge in [-0.1, -0.05) is 0 Å². The standard InChI is InChI=1S/C21H20FN3O3S/c1-25-8-7-13-9-16-18(28-11-27-16)19(26-2)17(13)20(25)24-21-23-15(10-29-21)12-3-5-14(22)6-4-12/h3-6,9-10,20H,7-8,11H2,1-2H3,(H,23,24)/p+1/t20-/m0/s1.